The average molecular weight is 480 g/mol. The number of nitrogens with one attached hydrogen (secondary N) is 2. The molecular formula is C19H25IN6O. The largest absolute Gasteiger partial charge is 0.444 e. The van der Waals surface area contributed by atoms with Crippen molar-refractivity contribution in [3.8, 4) is 5.69 Å². The van der Waals surface area contributed by atoms with Crippen molar-refractivity contribution in [3.05, 3.63) is 65.1 Å². The van der Waals surface area contributed by atoms with E-state index < -0.39 is 0 Å². The molecule has 0 atom stereocenters. The van der Waals surface area contributed by atoms with Crippen LogP contribution in [0.2, 0.25) is 0 Å². The van der Waals surface area contributed by atoms with Gasteiger partial charge in [0.15, 0.2) is 5.96 Å². The fourth-order valence-corrected chi connectivity index (χ4v) is 2.61. The molecule has 27 heavy (non-hydrogen) atoms. The first kappa shape index (κ1) is 20.9. The molecule has 0 aliphatic carbocycles. The minimum absolute atomic E-state index is 0. The highest BCUT2D eigenvalue weighted by Crippen LogP contribution is 2.14. The molecule has 0 saturated carbocycles. The maximum absolute atomic E-state index is 5.58. The van der Waals surface area contributed by atoms with Crippen LogP contribution in [0.15, 0.2) is 45.9 Å². The number of hydrogen-bond acceptors (Lipinski definition) is 4. The Morgan fingerprint density at radius 2 is 1.85 bits per heavy atom. The summed E-state index contributed by atoms with van der Waals surface area (Å²) < 4.78 is 7.47. The highest BCUT2D eigenvalue weighted by atomic mass is 127. The highest BCUT2D eigenvalue weighted by molar-refractivity contribution is 14.0. The Kier molecular flexibility index (Phi) is 7.40. The Balaban J connectivity index is 0.00000261. The lowest BCUT2D eigenvalue weighted by molar-refractivity contribution is 0.463. The van der Waals surface area contributed by atoms with Crippen molar-refractivity contribution in [1.29, 1.82) is 0 Å². The highest BCUT2D eigenvalue weighted by Gasteiger charge is 2.08. The van der Waals surface area contributed by atoms with Gasteiger partial charge in [0.2, 0.25) is 5.89 Å². The van der Waals surface area contributed by atoms with E-state index in [0.717, 1.165) is 28.4 Å². The standard InChI is InChI=1S/C19H24N6O.HI/c1-13-9-10-25(24-13)17-8-6-5-7-16(17)11-21-19(20-4)22-12-18-23-14(2)15(3)26-18;/h5-10H,11-12H2,1-4H3,(H2,20,21,22);1H. The molecule has 0 fully saturated rings. The van der Waals surface area contributed by atoms with Gasteiger partial charge >= 0.3 is 0 Å². The molecule has 144 valence electrons. The molecule has 1 aromatic carbocycles. The Hall–Kier alpha value is -2.36. The second kappa shape index (κ2) is 9.54. The van der Waals surface area contributed by atoms with Gasteiger partial charge in [-0.1, -0.05) is 18.2 Å². The first-order valence-corrected chi connectivity index (χ1v) is 8.55. The van der Waals surface area contributed by atoms with Crippen LogP contribution in [0.4, 0.5) is 0 Å². The summed E-state index contributed by atoms with van der Waals surface area (Å²) in [7, 11) is 1.74. The van der Waals surface area contributed by atoms with Gasteiger partial charge in [0.25, 0.3) is 0 Å². The van der Waals surface area contributed by atoms with E-state index in [2.05, 4.69) is 37.8 Å². The minimum atomic E-state index is 0. The van der Waals surface area contributed by atoms with Crippen LogP contribution in [0.25, 0.3) is 5.69 Å². The first-order chi connectivity index (χ1) is 12.6. The lowest BCUT2D eigenvalue weighted by Gasteiger charge is -2.13. The summed E-state index contributed by atoms with van der Waals surface area (Å²) in [5.74, 6) is 2.17. The molecule has 0 spiro atoms. The number of benzene rings is 1. The molecular weight excluding hydrogens is 455 g/mol. The normalized spacial score (nSPS) is 11.2. The van der Waals surface area contributed by atoms with E-state index in [-0.39, 0.29) is 24.0 Å². The van der Waals surface area contributed by atoms with Crippen LogP contribution >= 0.6 is 24.0 Å². The lowest BCUT2D eigenvalue weighted by atomic mass is 10.2. The zero-order valence-electron chi connectivity index (χ0n) is 16.0. The van der Waals surface area contributed by atoms with Gasteiger partial charge in [-0.2, -0.15) is 5.10 Å². The van der Waals surface area contributed by atoms with E-state index >= 15 is 0 Å². The molecule has 2 N–H and O–H groups in total. The molecule has 8 heteroatoms. The number of nitrogens with zero attached hydrogens (tertiary/aromatic N) is 4. The van der Waals surface area contributed by atoms with Crippen LogP contribution in [-0.2, 0) is 13.1 Å². The topological polar surface area (TPSA) is 80.3 Å². The number of aliphatic imine (C=N–C) groups is 1. The summed E-state index contributed by atoms with van der Waals surface area (Å²) in [5, 5.41) is 11.0. The zero-order valence-corrected chi connectivity index (χ0v) is 18.3. The monoisotopic (exact) mass is 480 g/mol. The van der Waals surface area contributed by atoms with Crippen molar-refractivity contribution in [1.82, 2.24) is 25.4 Å². The molecule has 7 nitrogen and oxygen atoms in total. The Morgan fingerprint density at radius 3 is 2.48 bits per heavy atom. The Bertz CT molecular complexity index is 895. The number of aryl methyl sites for hydroxylation is 3. The van der Waals surface area contributed by atoms with Crippen molar-refractivity contribution >= 4 is 29.9 Å². The van der Waals surface area contributed by atoms with Gasteiger partial charge in [0, 0.05) is 19.8 Å². The number of aromatic nitrogens is 3. The molecule has 0 bridgehead atoms. The van der Waals surface area contributed by atoms with E-state index in [9.17, 15) is 0 Å². The third-order valence-electron chi connectivity index (χ3n) is 4.11. The van der Waals surface area contributed by atoms with Crippen LogP contribution < -0.4 is 10.6 Å². The van der Waals surface area contributed by atoms with Gasteiger partial charge < -0.3 is 15.1 Å². The molecule has 2 aromatic heterocycles. The van der Waals surface area contributed by atoms with Crippen molar-refractivity contribution in [2.24, 2.45) is 4.99 Å². The van der Waals surface area contributed by atoms with Crippen LogP contribution in [0.1, 0.15) is 28.6 Å². The zero-order chi connectivity index (χ0) is 18.5. The van der Waals surface area contributed by atoms with Gasteiger partial charge in [0.1, 0.15) is 5.76 Å². The Morgan fingerprint density at radius 1 is 1.11 bits per heavy atom. The van der Waals surface area contributed by atoms with E-state index in [4.69, 9.17) is 4.42 Å². The molecule has 0 amide bonds. The quantitative estimate of drug-likeness (QED) is 0.333. The molecule has 0 aliphatic heterocycles. The van der Waals surface area contributed by atoms with Gasteiger partial charge in [-0.05, 0) is 38.5 Å². The van der Waals surface area contributed by atoms with Gasteiger partial charge in [-0.25, -0.2) is 9.67 Å². The predicted octanol–water partition coefficient (Wildman–Crippen LogP) is 3.27. The van der Waals surface area contributed by atoms with E-state index in [1.54, 1.807) is 7.05 Å². The second-order valence-corrected chi connectivity index (χ2v) is 6.06. The van der Waals surface area contributed by atoms with E-state index in [1.807, 2.05) is 49.8 Å². The fourth-order valence-electron chi connectivity index (χ4n) is 2.61. The molecule has 3 aromatic rings. The third-order valence-corrected chi connectivity index (χ3v) is 4.11. The van der Waals surface area contributed by atoms with E-state index in [1.165, 1.54) is 0 Å². The minimum Gasteiger partial charge on any atom is -0.444 e. The molecule has 3 rings (SSSR count). The Labute approximate surface area is 176 Å². The van der Waals surface area contributed by atoms with Crippen LogP contribution in [0.3, 0.4) is 0 Å². The van der Waals surface area contributed by atoms with Crippen molar-refractivity contribution in [3.63, 3.8) is 0 Å². The first-order valence-electron chi connectivity index (χ1n) is 8.55. The smallest absolute Gasteiger partial charge is 0.214 e. The van der Waals surface area contributed by atoms with Crippen LogP contribution in [-0.4, -0.2) is 27.8 Å². The van der Waals surface area contributed by atoms with Crippen molar-refractivity contribution in [2.75, 3.05) is 7.05 Å². The van der Waals surface area contributed by atoms with Crippen molar-refractivity contribution < 1.29 is 4.42 Å². The maximum atomic E-state index is 5.58. The number of para-hydroxylation sites is 1. The van der Waals surface area contributed by atoms with Crippen molar-refractivity contribution in [2.45, 2.75) is 33.9 Å². The lowest BCUT2D eigenvalue weighted by Crippen LogP contribution is -2.36. The summed E-state index contributed by atoms with van der Waals surface area (Å²) in [6.07, 6.45) is 1.97. The van der Waals surface area contributed by atoms with Gasteiger partial charge in [-0.15, -0.1) is 24.0 Å². The number of rotatable bonds is 5. The molecule has 2 heterocycles. The molecule has 0 unspecified atom stereocenters. The maximum Gasteiger partial charge on any atom is 0.214 e. The molecule has 0 radical (unpaired) electrons. The van der Waals surface area contributed by atoms with Gasteiger partial charge in [-0.3, -0.25) is 4.99 Å². The molecule has 0 saturated heterocycles. The summed E-state index contributed by atoms with van der Waals surface area (Å²) in [5.41, 5.74) is 4.07. The predicted molar refractivity (Wildman–Crippen MR) is 117 cm³/mol. The van der Waals surface area contributed by atoms with Crippen LogP contribution in [0, 0.1) is 20.8 Å². The summed E-state index contributed by atoms with van der Waals surface area (Å²) in [6, 6.07) is 10.2. The second-order valence-electron chi connectivity index (χ2n) is 6.06. The average Bonchev–Trinajstić information content (AvgIpc) is 3.21. The number of guanidine groups is 1. The summed E-state index contributed by atoms with van der Waals surface area (Å²) in [4.78, 5) is 8.62. The van der Waals surface area contributed by atoms with Crippen LogP contribution in [0.5, 0.6) is 0 Å². The van der Waals surface area contributed by atoms with Gasteiger partial charge in [0.05, 0.1) is 23.6 Å². The molecule has 0 aliphatic rings. The number of oxazole rings is 1. The number of halogens is 1. The number of hydrogen-bond donors (Lipinski definition) is 2. The third kappa shape index (κ3) is 5.31. The van der Waals surface area contributed by atoms with E-state index in [0.29, 0.717) is 24.9 Å². The SMILES string of the molecule is CN=C(NCc1nc(C)c(C)o1)NCc1ccccc1-n1ccc(C)n1.I. The summed E-state index contributed by atoms with van der Waals surface area (Å²) in [6.45, 7) is 6.93. The summed E-state index contributed by atoms with van der Waals surface area (Å²) >= 11 is 0. The fraction of sp³-hybridized carbons (Fsp3) is 0.316.